The number of carbonyl (C=O) groups is 1. The van der Waals surface area contributed by atoms with E-state index >= 15 is 0 Å². The normalized spacial score (nSPS) is 12.2. The van der Waals surface area contributed by atoms with Gasteiger partial charge >= 0.3 is 0 Å². The zero-order valence-electron chi connectivity index (χ0n) is 10.5. The van der Waals surface area contributed by atoms with E-state index in [4.69, 9.17) is 4.74 Å². The van der Waals surface area contributed by atoms with Crippen LogP contribution in [0.15, 0.2) is 18.2 Å². The van der Waals surface area contributed by atoms with E-state index in [0.29, 0.717) is 24.3 Å². The van der Waals surface area contributed by atoms with Crippen molar-refractivity contribution in [3.63, 3.8) is 0 Å². The molecule has 0 saturated heterocycles. The van der Waals surface area contributed by atoms with Crippen LogP contribution in [0.2, 0.25) is 0 Å². The summed E-state index contributed by atoms with van der Waals surface area (Å²) < 4.78 is 4.99. The second-order valence-electron chi connectivity index (χ2n) is 4.27. The fourth-order valence-electron chi connectivity index (χ4n) is 1.51. The Kier molecular flexibility index (Phi) is 4.97. The second kappa shape index (κ2) is 6.25. The average molecular weight is 237 g/mol. The molecule has 1 atom stereocenters. The van der Waals surface area contributed by atoms with E-state index < -0.39 is 0 Å². The van der Waals surface area contributed by atoms with E-state index in [1.165, 1.54) is 6.07 Å². The number of aromatic hydroxyl groups is 1. The molecule has 0 aliphatic heterocycles. The van der Waals surface area contributed by atoms with Gasteiger partial charge in [-0.3, -0.25) is 4.79 Å². The highest BCUT2D eigenvalue weighted by atomic mass is 16.5. The average Bonchev–Trinajstić information content (AvgIpc) is 2.30. The summed E-state index contributed by atoms with van der Waals surface area (Å²) in [5.74, 6) is 0.354. The Hall–Kier alpha value is -1.55. The number of phenolic OH excluding ortho intramolecular Hbond substituents is 1. The van der Waals surface area contributed by atoms with Crippen molar-refractivity contribution in [3.05, 3.63) is 29.3 Å². The molecule has 0 radical (unpaired) electrons. The summed E-state index contributed by atoms with van der Waals surface area (Å²) >= 11 is 0. The van der Waals surface area contributed by atoms with Gasteiger partial charge < -0.3 is 15.2 Å². The van der Waals surface area contributed by atoms with Crippen LogP contribution in [-0.4, -0.2) is 31.3 Å². The molecule has 1 aromatic carbocycles. The molecule has 1 unspecified atom stereocenters. The summed E-state index contributed by atoms with van der Waals surface area (Å²) in [4.78, 5) is 11.8. The Morgan fingerprint density at radius 2 is 2.24 bits per heavy atom. The number of carbonyl (C=O) groups excluding carboxylic acids is 1. The zero-order valence-corrected chi connectivity index (χ0v) is 10.5. The molecule has 0 spiro atoms. The highest BCUT2D eigenvalue weighted by Crippen LogP contribution is 2.16. The molecule has 0 bridgehead atoms. The minimum absolute atomic E-state index is 0.129. The maximum atomic E-state index is 11.8. The van der Waals surface area contributed by atoms with Crippen molar-refractivity contribution in [2.24, 2.45) is 5.92 Å². The lowest BCUT2D eigenvalue weighted by Gasteiger charge is -2.11. The number of ether oxygens (including phenoxy) is 1. The monoisotopic (exact) mass is 237 g/mol. The molecule has 0 heterocycles. The van der Waals surface area contributed by atoms with E-state index in [2.05, 4.69) is 5.32 Å². The van der Waals surface area contributed by atoms with Crippen LogP contribution in [-0.2, 0) is 4.74 Å². The summed E-state index contributed by atoms with van der Waals surface area (Å²) in [5.41, 5.74) is 1.26. The van der Waals surface area contributed by atoms with Crippen LogP contribution in [0.5, 0.6) is 5.75 Å². The molecule has 0 aliphatic carbocycles. The first-order valence-corrected chi connectivity index (χ1v) is 5.61. The van der Waals surface area contributed by atoms with Crippen molar-refractivity contribution >= 4 is 5.91 Å². The lowest BCUT2D eigenvalue weighted by atomic mass is 10.1. The van der Waals surface area contributed by atoms with Gasteiger partial charge in [-0.15, -0.1) is 0 Å². The first kappa shape index (κ1) is 13.5. The molecule has 0 aromatic heterocycles. The molecule has 17 heavy (non-hydrogen) atoms. The van der Waals surface area contributed by atoms with Crippen molar-refractivity contribution in [3.8, 4) is 5.75 Å². The third-order valence-electron chi connectivity index (χ3n) is 2.52. The van der Waals surface area contributed by atoms with Gasteiger partial charge in [0.05, 0.1) is 6.61 Å². The van der Waals surface area contributed by atoms with E-state index in [9.17, 15) is 9.90 Å². The fraction of sp³-hybridized carbons (Fsp3) is 0.462. The molecule has 94 valence electrons. The lowest BCUT2D eigenvalue weighted by Crippen LogP contribution is -2.29. The van der Waals surface area contributed by atoms with Gasteiger partial charge in [0, 0.05) is 19.2 Å². The summed E-state index contributed by atoms with van der Waals surface area (Å²) in [7, 11) is 1.64. The highest BCUT2D eigenvalue weighted by molar-refractivity contribution is 5.94. The first-order valence-electron chi connectivity index (χ1n) is 5.61. The van der Waals surface area contributed by atoms with Gasteiger partial charge in [-0.1, -0.05) is 6.92 Å². The largest absolute Gasteiger partial charge is 0.508 e. The Bertz CT molecular complexity index is 390. The minimum Gasteiger partial charge on any atom is -0.508 e. The van der Waals surface area contributed by atoms with Gasteiger partial charge in [-0.2, -0.15) is 0 Å². The molecule has 0 saturated carbocycles. The molecule has 4 heteroatoms. The van der Waals surface area contributed by atoms with Gasteiger partial charge in [0.1, 0.15) is 5.75 Å². The number of nitrogens with one attached hydrogen (secondary N) is 1. The Labute approximate surface area is 102 Å². The van der Waals surface area contributed by atoms with Gasteiger partial charge in [0.2, 0.25) is 0 Å². The summed E-state index contributed by atoms with van der Waals surface area (Å²) in [6.07, 6.45) is 0. The summed E-state index contributed by atoms with van der Waals surface area (Å²) in [6.45, 7) is 4.97. The Morgan fingerprint density at radius 3 is 2.82 bits per heavy atom. The number of amides is 1. The van der Waals surface area contributed by atoms with Crippen molar-refractivity contribution in [2.45, 2.75) is 13.8 Å². The minimum atomic E-state index is -0.129. The molecule has 0 aliphatic rings. The van der Waals surface area contributed by atoms with Crippen LogP contribution in [0.4, 0.5) is 0 Å². The van der Waals surface area contributed by atoms with Gasteiger partial charge in [-0.05, 0) is 36.6 Å². The lowest BCUT2D eigenvalue weighted by molar-refractivity contribution is 0.0934. The molecule has 1 aromatic rings. The molecule has 4 nitrogen and oxygen atoms in total. The standard InChI is InChI=1S/C13H19NO3/c1-9(8-17-3)7-14-13(16)11-4-5-12(15)10(2)6-11/h4-6,9,15H,7-8H2,1-3H3,(H,14,16). The number of aryl methyl sites for hydroxylation is 1. The predicted molar refractivity (Wildman–Crippen MR) is 66.2 cm³/mol. The fourth-order valence-corrected chi connectivity index (χ4v) is 1.51. The molecule has 1 rings (SSSR count). The van der Waals surface area contributed by atoms with Gasteiger partial charge in [0.25, 0.3) is 5.91 Å². The van der Waals surface area contributed by atoms with Crippen LogP contribution in [0.25, 0.3) is 0 Å². The first-order chi connectivity index (χ1) is 8.04. The number of benzene rings is 1. The molecular weight excluding hydrogens is 218 g/mol. The third-order valence-corrected chi connectivity index (χ3v) is 2.52. The van der Waals surface area contributed by atoms with Gasteiger partial charge in [0.15, 0.2) is 0 Å². The zero-order chi connectivity index (χ0) is 12.8. The molecule has 2 N–H and O–H groups in total. The molecule has 0 fully saturated rings. The number of phenols is 1. The molecule has 1 amide bonds. The molecular formula is C13H19NO3. The van der Waals surface area contributed by atoms with Crippen LogP contribution < -0.4 is 5.32 Å². The van der Waals surface area contributed by atoms with Crippen LogP contribution >= 0.6 is 0 Å². The topological polar surface area (TPSA) is 58.6 Å². The van der Waals surface area contributed by atoms with Gasteiger partial charge in [-0.25, -0.2) is 0 Å². The third kappa shape index (κ3) is 4.07. The number of hydrogen-bond acceptors (Lipinski definition) is 3. The Balaban J connectivity index is 2.55. The number of hydrogen-bond donors (Lipinski definition) is 2. The maximum absolute atomic E-state index is 11.8. The SMILES string of the molecule is COCC(C)CNC(=O)c1ccc(O)c(C)c1. The summed E-state index contributed by atoms with van der Waals surface area (Å²) in [6, 6.07) is 4.81. The van der Waals surface area contributed by atoms with Crippen LogP contribution in [0.3, 0.4) is 0 Å². The van der Waals surface area contributed by atoms with Crippen LogP contribution in [0.1, 0.15) is 22.8 Å². The predicted octanol–water partition coefficient (Wildman–Crippen LogP) is 1.71. The van der Waals surface area contributed by atoms with Crippen molar-refractivity contribution in [1.29, 1.82) is 0 Å². The smallest absolute Gasteiger partial charge is 0.251 e. The van der Waals surface area contributed by atoms with E-state index in [1.807, 2.05) is 6.92 Å². The van der Waals surface area contributed by atoms with E-state index in [0.717, 1.165) is 0 Å². The number of rotatable bonds is 5. The van der Waals surface area contributed by atoms with E-state index in [1.54, 1.807) is 26.2 Å². The van der Waals surface area contributed by atoms with Crippen molar-refractivity contribution < 1.29 is 14.6 Å². The summed E-state index contributed by atoms with van der Waals surface area (Å²) in [5, 5.41) is 12.2. The van der Waals surface area contributed by atoms with Crippen molar-refractivity contribution in [2.75, 3.05) is 20.3 Å². The van der Waals surface area contributed by atoms with Crippen LogP contribution in [0, 0.1) is 12.8 Å². The Morgan fingerprint density at radius 1 is 1.53 bits per heavy atom. The quantitative estimate of drug-likeness (QED) is 0.819. The van der Waals surface area contributed by atoms with E-state index in [-0.39, 0.29) is 17.6 Å². The highest BCUT2D eigenvalue weighted by Gasteiger charge is 2.09. The number of methoxy groups -OCH3 is 1. The van der Waals surface area contributed by atoms with Crippen molar-refractivity contribution in [1.82, 2.24) is 5.32 Å². The maximum Gasteiger partial charge on any atom is 0.251 e. The second-order valence-corrected chi connectivity index (χ2v) is 4.27.